The molecule has 0 aromatic carbocycles. The zero-order valence-corrected chi connectivity index (χ0v) is 18.5. The third-order valence-corrected chi connectivity index (χ3v) is 6.42. The standard InChI is InChI=1S/C25H34O5/c1-14(6-7-23(28)29)8-15(2)9-22-21(12-20(27)13-26)16(3)10-19-11-17(4)25(30)18(5)24(19)22/h6-10,12,17-19,22,24-26,30H,11,13H2,1-5H3,(H,28,29)/b7-6+,14-8+,15-9+,21-12-/t17-,18+,19-,22+,24+,25+/m0/s1. The van der Waals surface area contributed by atoms with Gasteiger partial charge in [0, 0.05) is 12.0 Å². The molecule has 0 spiro atoms. The number of carboxylic acid groups (broad SMARTS) is 1. The van der Waals surface area contributed by atoms with Crippen molar-refractivity contribution in [2.75, 3.05) is 6.61 Å². The molecule has 0 aromatic rings. The van der Waals surface area contributed by atoms with E-state index in [1.54, 1.807) is 6.08 Å². The van der Waals surface area contributed by atoms with E-state index in [1.807, 2.05) is 26.8 Å². The summed E-state index contributed by atoms with van der Waals surface area (Å²) in [5.74, 6) is -0.666. The molecule has 6 atom stereocenters. The maximum absolute atomic E-state index is 12.0. The van der Waals surface area contributed by atoms with Crippen molar-refractivity contribution in [3.05, 3.63) is 58.7 Å². The summed E-state index contributed by atoms with van der Waals surface area (Å²) in [5, 5.41) is 28.8. The summed E-state index contributed by atoms with van der Waals surface area (Å²) < 4.78 is 0. The van der Waals surface area contributed by atoms with Crippen LogP contribution in [0.4, 0.5) is 0 Å². The summed E-state index contributed by atoms with van der Waals surface area (Å²) in [6.45, 7) is 9.42. The number of aliphatic carboxylic acids is 1. The van der Waals surface area contributed by atoms with E-state index in [4.69, 9.17) is 5.11 Å². The van der Waals surface area contributed by atoms with Crippen molar-refractivity contribution in [1.29, 1.82) is 0 Å². The summed E-state index contributed by atoms with van der Waals surface area (Å²) >= 11 is 0. The van der Waals surface area contributed by atoms with Crippen LogP contribution in [0.25, 0.3) is 0 Å². The Morgan fingerprint density at radius 1 is 1.17 bits per heavy atom. The van der Waals surface area contributed by atoms with Gasteiger partial charge in [0.25, 0.3) is 0 Å². The fraction of sp³-hybridized carbons (Fsp3) is 0.520. The number of carbonyl (C=O) groups is 2. The van der Waals surface area contributed by atoms with Crippen molar-refractivity contribution < 1.29 is 24.9 Å². The van der Waals surface area contributed by atoms with Gasteiger partial charge in [-0.05, 0) is 62.5 Å². The average Bonchev–Trinajstić information content (AvgIpc) is 2.66. The highest BCUT2D eigenvalue weighted by atomic mass is 16.4. The second-order valence-electron chi connectivity index (χ2n) is 8.87. The Labute approximate surface area is 179 Å². The van der Waals surface area contributed by atoms with E-state index >= 15 is 0 Å². The molecule has 2 aliphatic rings. The minimum Gasteiger partial charge on any atom is -0.478 e. The molecule has 2 aliphatic carbocycles. The number of hydrogen-bond acceptors (Lipinski definition) is 4. The first kappa shape index (κ1) is 24.0. The minimum atomic E-state index is -0.993. The van der Waals surface area contributed by atoms with E-state index in [0.717, 1.165) is 34.8 Å². The van der Waals surface area contributed by atoms with Gasteiger partial charge in [-0.25, -0.2) is 4.79 Å². The van der Waals surface area contributed by atoms with Crippen LogP contribution in [-0.2, 0) is 9.59 Å². The summed E-state index contributed by atoms with van der Waals surface area (Å²) in [6, 6.07) is 0. The average molecular weight is 415 g/mol. The molecule has 5 heteroatoms. The Kier molecular flexibility index (Phi) is 8.16. The first-order valence-corrected chi connectivity index (χ1v) is 10.5. The first-order chi connectivity index (χ1) is 14.0. The van der Waals surface area contributed by atoms with Gasteiger partial charge in [-0.1, -0.05) is 54.9 Å². The molecule has 3 N–H and O–H groups in total. The molecule has 0 unspecified atom stereocenters. The highest BCUT2D eigenvalue weighted by Crippen LogP contribution is 2.50. The van der Waals surface area contributed by atoms with E-state index < -0.39 is 18.7 Å². The molecule has 5 nitrogen and oxygen atoms in total. The lowest BCUT2D eigenvalue weighted by atomic mass is 9.57. The summed E-state index contributed by atoms with van der Waals surface area (Å²) in [4.78, 5) is 22.8. The lowest BCUT2D eigenvalue weighted by Crippen LogP contribution is -2.45. The molecule has 2 rings (SSSR count). The van der Waals surface area contributed by atoms with E-state index in [0.29, 0.717) is 5.92 Å². The number of allylic oxidation sites excluding steroid dienone is 8. The molecule has 30 heavy (non-hydrogen) atoms. The number of fused-ring (bicyclic) bond motifs is 1. The van der Waals surface area contributed by atoms with Crippen LogP contribution >= 0.6 is 0 Å². The number of hydrogen-bond donors (Lipinski definition) is 3. The Morgan fingerprint density at radius 2 is 1.83 bits per heavy atom. The van der Waals surface area contributed by atoms with Gasteiger partial charge in [-0.15, -0.1) is 0 Å². The lowest BCUT2D eigenvalue weighted by molar-refractivity contribution is -0.131. The number of ketones is 1. The quantitative estimate of drug-likeness (QED) is 0.453. The van der Waals surface area contributed by atoms with Crippen LogP contribution in [0.3, 0.4) is 0 Å². The fourth-order valence-corrected chi connectivity index (χ4v) is 5.09. The van der Waals surface area contributed by atoms with Crippen molar-refractivity contribution in [1.82, 2.24) is 0 Å². The van der Waals surface area contributed by atoms with Gasteiger partial charge in [-0.3, -0.25) is 4.79 Å². The van der Waals surface area contributed by atoms with Gasteiger partial charge < -0.3 is 15.3 Å². The zero-order valence-electron chi connectivity index (χ0n) is 18.5. The number of aliphatic hydroxyl groups excluding tert-OH is 2. The largest absolute Gasteiger partial charge is 0.478 e. The van der Waals surface area contributed by atoms with Gasteiger partial charge in [0.1, 0.15) is 6.61 Å². The van der Waals surface area contributed by atoms with Crippen molar-refractivity contribution in [3.63, 3.8) is 0 Å². The highest BCUT2D eigenvalue weighted by molar-refractivity contribution is 5.92. The van der Waals surface area contributed by atoms with Gasteiger partial charge in [0.05, 0.1) is 6.10 Å². The molecular weight excluding hydrogens is 380 g/mol. The number of rotatable bonds is 6. The summed E-state index contributed by atoms with van der Waals surface area (Å²) in [7, 11) is 0. The van der Waals surface area contributed by atoms with Crippen LogP contribution < -0.4 is 0 Å². The van der Waals surface area contributed by atoms with Crippen LogP contribution in [0.5, 0.6) is 0 Å². The van der Waals surface area contributed by atoms with Crippen LogP contribution in [0.2, 0.25) is 0 Å². The molecular formula is C25H34O5. The predicted octanol–water partition coefficient (Wildman–Crippen LogP) is 3.85. The fourth-order valence-electron chi connectivity index (χ4n) is 5.09. The number of carbonyl (C=O) groups excluding carboxylic acids is 1. The van der Waals surface area contributed by atoms with E-state index in [2.05, 4.69) is 26.0 Å². The second kappa shape index (κ2) is 10.2. The predicted molar refractivity (Wildman–Crippen MR) is 118 cm³/mol. The molecule has 1 fully saturated rings. The van der Waals surface area contributed by atoms with Crippen molar-refractivity contribution in [2.45, 2.75) is 47.1 Å². The van der Waals surface area contributed by atoms with Crippen LogP contribution in [0, 0.1) is 29.6 Å². The third kappa shape index (κ3) is 5.67. The summed E-state index contributed by atoms with van der Waals surface area (Å²) in [5.41, 5.74) is 3.70. The van der Waals surface area contributed by atoms with Gasteiger partial charge in [-0.2, -0.15) is 0 Å². The third-order valence-electron chi connectivity index (χ3n) is 6.42. The normalized spacial score (nSPS) is 34.1. The summed E-state index contributed by atoms with van der Waals surface area (Å²) in [6.07, 6.45) is 10.9. The monoisotopic (exact) mass is 414 g/mol. The lowest BCUT2D eigenvalue weighted by Gasteiger charge is -2.48. The molecule has 0 aromatic heterocycles. The van der Waals surface area contributed by atoms with Crippen molar-refractivity contribution >= 4 is 11.8 Å². The van der Waals surface area contributed by atoms with Crippen molar-refractivity contribution in [3.8, 4) is 0 Å². The molecule has 0 heterocycles. The molecule has 0 amide bonds. The Bertz CT molecular complexity index is 826. The maximum Gasteiger partial charge on any atom is 0.328 e. The highest BCUT2D eigenvalue weighted by Gasteiger charge is 2.45. The molecule has 0 radical (unpaired) electrons. The molecule has 0 saturated heterocycles. The smallest absolute Gasteiger partial charge is 0.328 e. The van der Waals surface area contributed by atoms with E-state index in [1.165, 1.54) is 6.08 Å². The van der Waals surface area contributed by atoms with Gasteiger partial charge >= 0.3 is 5.97 Å². The molecule has 0 aliphatic heterocycles. The van der Waals surface area contributed by atoms with Gasteiger partial charge in [0.2, 0.25) is 0 Å². The Balaban J connectivity index is 2.52. The SMILES string of the molecule is CC1=C[C@H]2C[C@H](C)[C@@H](O)[C@H](C)[C@H]2[C@H](/C=C(C)/C=C(C)/C=C/C(=O)O)/C1=C\C(=O)CO. The Hall–Kier alpha value is -2.24. The Morgan fingerprint density at radius 3 is 2.43 bits per heavy atom. The first-order valence-electron chi connectivity index (χ1n) is 10.5. The van der Waals surface area contributed by atoms with E-state index in [9.17, 15) is 19.8 Å². The molecule has 164 valence electrons. The van der Waals surface area contributed by atoms with Crippen LogP contribution in [0.15, 0.2) is 58.7 Å². The van der Waals surface area contributed by atoms with E-state index in [-0.39, 0.29) is 29.5 Å². The number of aliphatic hydroxyl groups is 2. The minimum absolute atomic E-state index is 0.0572. The van der Waals surface area contributed by atoms with Crippen LogP contribution in [-0.4, -0.2) is 39.8 Å². The van der Waals surface area contributed by atoms with Gasteiger partial charge in [0.15, 0.2) is 5.78 Å². The second-order valence-corrected chi connectivity index (χ2v) is 8.87. The maximum atomic E-state index is 12.0. The van der Waals surface area contributed by atoms with Crippen LogP contribution in [0.1, 0.15) is 41.0 Å². The van der Waals surface area contributed by atoms with Crippen molar-refractivity contribution in [2.24, 2.45) is 29.6 Å². The molecule has 1 saturated carbocycles. The topological polar surface area (TPSA) is 94.8 Å². The number of carboxylic acids is 1. The molecule has 0 bridgehead atoms. The zero-order chi connectivity index (χ0) is 22.6.